The second kappa shape index (κ2) is 10.5. The van der Waals surface area contributed by atoms with Crippen molar-refractivity contribution in [3.63, 3.8) is 0 Å². The molecule has 2 atom stereocenters. The molecule has 0 saturated heterocycles. The summed E-state index contributed by atoms with van der Waals surface area (Å²) in [7, 11) is 0. The summed E-state index contributed by atoms with van der Waals surface area (Å²) in [5.41, 5.74) is 0. The zero-order valence-corrected chi connectivity index (χ0v) is 11.7. The molecule has 0 radical (unpaired) electrons. The second-order valence-corrected chi connectivity index (χ2v) is 4.39. The fourth-order valence-corrected chi connectivity index (χ4v) is 1.52. The van der Waals surface area contributed by atoms with Gasteiger partial charge in [-0.1, -0.05) is 19.8 Å². The summed E-state index contributed by atoms with van der Waals surface area (Å²) >= 11 is 0. The molecule has 4 nitrogen and oxygen atoms in total. The monoisotopic (exact) mass is 244 g/mol. The van der Waals surface area contributed by atoms with Crippen LogP contribution in [0.2, 0.25) is 0 Å². The molecule has 2 N–H and O–H groups in total. The van der Waals surface area contributed by atoms with Crippen LogP contribution in [0, 0.1) is 0 Å². The highest BCUT2D eigenvalue weighted by atomic mass is 16.5. The van der Waals surface area contributed by atoms with Crippen LogP contribution in [0.4, 0.5) is 0 Å². The zero-order valence-electron chi connectivity index (χ0n) is 11.7. The van der Waals surface area contributed by atoms with E-state index in [4.69, 9.17) is 4.74 Å². The third kappa shape index (κ3) is 9.12. The van der Waals surface area contributed by atoms with Crippen molar-refractivity contribution >= 4 is 5.91 Å². The van der Waals surface area contributed by atoms with Crippen LogP contribution in [-0.2, 0) is 9.53 Å². The van der Waals surface area contributed by atoms with Gasteiger partial charge in [-0.15, -0.1) is 0 Å². The van der Waals surface area contributed by atoms with E-state index in [0.29, 0.717) is 13.2 Å². The second-order valence-electron chi connectivity index (χ2n) is 4.39. The fourth-order valence-electron chi connectivity index (χ4n) is 1.52. The van der Waals surface area contributed by atoms with Crippen LogP contribution in [0.3, 0.4) is 0 Å². The first-order valence-corrected chi connectivity index (χ1v) is 6.74. The molecule has 0 aromatic heterocycles. The first-order valence-electron chi connectivity index (χ1n) is 6.74. The maximum atomic E-state index is 11.7. The van der Waals surface area contributed by atoms with Crippen LogP contribution < -0.4 is 10.6 Å². The molecular formula is C13H28N2O2. The van der Waals surface area contributed by atoms with Gasteiger partial charge in [0.1, 0.15) is 0 Å². The summed E-state index contributed by atoms with van der Waals surface area (Å²) in [5.74, 6) is 0.0739. The lowest BCUT2D eigenvalue weighted by atomic mass is 10.2. The van der Waals surface area contributed by atoms with Crippen LogP contribution in [-0.4, -0.2) is 37.7 Å². The molecule has 0 aliphatic carbocycles. The average Bonchev–Trinajstić information content (AvgIpc) is 2.31. The molecule has 2 unspecified atom stereocenters. The highest BCUT2D eigenvalue weighted by Crippen LogP contribution is 1.93. The van der Waals surface area contributed by atoms with Crippen molar-refractivity contribution in [1.82, 2.24) is 10.6 Å². The van der Waals surface area contributed by atoms with E-state index in [1.54, 1.807) is 0 Å². The molecule has 17 heavy (non-hydrogen) atoms. The number of carbonyl (C=O) groups is 1. The van der Waals surface area contributed by atoms with Crippen LogP contribution in [0.25, 0.3) is 0 Å². The Balaban J connectivity index is 3.59. The molecule has 102 valence electrons. The van der Waals surface area contributed by atoms with Crippen molar-refractivity contribution in [2.45, 2.75) is 59.1 Å². The SMILES string of the molecule is CCCCCNC(=O)C(C)NCC(C)OCC. The van der Waals surface area contributed by atoms with Gasteiger partial charge in [-0.05, 0) is 27.2 Å². The molecule has 0 spiro atoms. The lowest BCUT2D eigenvalue weighted by Gasteiger charge is -2.17. The minimum Gasteiger partial charge on any atom is -0.377 e. The van der Waals surface area contributed by atoms with Crippen molar-refractivity contribution in [1.29, 1.82) is 0 Å². The van der Waals surface area contributed by atoms with Gasteiger partial charge in [0.25, 0.3) is 0 Å². The van der Waals surface area contributed by atoms with Crippen LogP contribution in [0.15, 0.2) is 0 Å². The van der Waals surface area contributed by atoms with Crippen molar-refractivity contribution < 1.29 is 9.53 Å². The smallest absolute Gasteiger partial charge is 0.236 e. The summed E-state index contributed by atoms with van der Waals surface area (Å²) in [6, 6.07) is -0.153. The van der Waals surface area contributed by atoms with Crippen LogP contribution in [0.5, 0.6) is 0 Å². The molecule has 0 saturated carbocycles. The number of hydrogen-bond acceptors (Lipinski definition) is 3. The largest absolute Gasteiger partial charge is 0.377 e. The van der Waals surface area contributed by atoms with Crippen LogP contribution >= 0.6 is 0 Å². The number of carbonyl (C=O) groups excluding carboxylic acids is 1. The highest BCUT2D eigenvalue weighted by molar-refractivity contribution is 5.81. The predicted molar refractivity (Wildman–Crippen MR) is 71.1 cm³/mol. The Morgan fingerprint density at radius 1 is 1.24 bits per heavy atom. The van der Waals surface area contributed by atoms with E-state index in [9.17, 15) is 4.79 Å². The van der Waals surface area contributed by atoms with E-state index < -0.39 is 0 Å². The number of hydrogen-bond donors (Lipinski definition) is 2. The summed E-state index contributed by atoms with van der Waals surface area (Å²) in [6.45, 7) is 10.2. The minimum absolute atomic E-state index is 0.0739. The Morgan fingerprint density at radius 2 is 1.94 bits per heavy atom. The van der Waals surface area contributed by atoms with Gasteiger partial charge in [0.2, 0.25) is 5.91 Å². The maximum Gasteiger partial charge on any atom is 0.236 e. The van der Waals surface area contributed by atoms with E-state index in [0.717, 1.165) is 13.0 Å². The van der Waals surface area contributed by atoms with Crippen molar-refractivity contribution in [2.75, 3.05) is 19.7 Å². The summed E-state index contributed by atoms with van der Waals surface area (Å²) < 4.78 is 5.39. The molecule has 0 bridgehead atoms. The third-order valence-electron chi connectivity index (χ3n) is 2.64. The lowest BCUT2D eigenvalue weighted by Crippen LogP contribution is -2.44. The fraction of sp³-hybridized carbons (Fsp3) is 0.923. The van der Waals surface area contributed by atoms with Gasteiger partial charge in [0, 0.05) is 19.7 Å². The standard InChI is InChI=1S/C13H28N2O2/c1-5-7-8-9-14-13(16)12(4)15-10-11(3)17-6-2/h11-12,15H,5-10H2,1-4H3,(H,14,16). The Morgan fingerprint density at radius 3 is 2.53 bits per heavy atom. The van der Waals surface area contributed by atoms with E-state index in [-0.39, 0.29) is 18.1 Å². The third-order valence-corrected chi connectivity index (χ3v) is 2.64. The number of nitrogens with one attached hydrogen (secondary N) is 2. The highest BCUT2D eigenvalue weighted by Gasteiger charge is 2.12. The molecule has 0 heterocycles. The average molecular weight is 244 g/mol. The topological polar surface area (TPSA) is 50.4 Å². The quantitative estimate of drug-likeness (QED) is 0.575. The first-order chi connectivity index (χ1) is 8.11. The van der Waals surface area contributed by atoms with E-state index in [1.165, 1.54) is 12.8 Å². The van der Waals surface area contributed by atoms with Gasteiger partial charge in [0.15, 0.2) is 0 Å². The van der Waals surface area contributed by atoms with Crippen molar-refractivity contribution in [3.05, 3.63) is 0 Å². The zero-order chi connectivity index (χ0) is 13.1. The number of rotatable bonds is 10. The van der Waals surface area contributed by atoms with Gasteiger partial charge >= 0.3 is 0 Å². The van der Waals surface area contributed by atoms with Gasteiger partial charge in [-0.25, -0.2) is 0 Å². The van der Waals surface area contributed by atoms with Gasteiger partial charge in [-0.3, -0.25) is 4.79 Å². The summed E-state index contributed by atoms with van der Waals surface area (Å²) in [5, 5.41) is 6.10. The summed E-state index contributed by atoms with van der Waals surface area (Å²) in [4.78, 5) is 11.7. The Hall–Kier alpha value is -0.610. The predicted octanol–water partition coefficient (Wildman–Crippen LogP) is 1.70. The van der Waals surface area contributed by atoms with Gasteiger partial charge in [-0.2, -0.15) is 0 Å². The molecule has 0 aromatic rings. The van der Waals surface area contributed by atoms with E-state index >= 15 is 0 Å². The molecule has 0 aromatic carbocycles. The molecular weight excluding hydrogens is 216 g/mol. The molecule has 1 amide bonds. The maximum absolute atomic E-state index is 11.7. The van der Waals surface area contributed by atoms with Crippen molar-refractivity contribution in [3.8, 4) is 0 Å². The number of amides is 1. The first kappa shape index (κ1) is 16.4. The van der Waals surface area contributed by atoms with Crippen LogP contribution in [0.1, 0.15) is 47.0 Å². The Kier molecular flexibility index (Phi) is 10.2. The van der Waals surface area contributed by atoms with Gasteiger partial charge in [0.05, 0.1) is 12.1 Å². The normalized spacial score (nSPS) is 14.4. The van der Waals surface area contributed by atoms with Crippen molar-refractivity contribution in [2.24, 2.45) is 0 Å². The Labute approximate surface area is 105 Å². The minimum atomic E-state index is -0.153. The number of unbranched alkanes of at least 4 members (excludes halogenated alkanes) is 2. The Bertz CT molecular complexity index is 198. The van der Waals surface area contributed by atoms with Gasteiger partial charge < -0.3 is 15.4 Å². The molecule has 0 aliphatic rings. The summed E-state index contributed by atoms with van der Waals surface area (Å²) in [6.07, 6.45) is 3.55. The molecule has 0 aliphatic heterocycles. The van der Waals surface area contributed by atoms with E-state index in [2.05, 4.69) is 17.6 Å². The van der Waals surface area contributed by atoms with E-state index in [1.807, 2.05) is 20.8 Å². The molecule has 0 fully saturated rings. The molecule has 4 heteroatoms. The number of ether oxygens (including phenoxy) is 1. The molecule has 0 rings (SSSR count). The lowest BCUT2D eigenvalue weighted by molar-refractivity contribution is -0.122.